The molecule has 0 unspecified atom stereocenters. The van der Waals surface area contributed by atoms with Gasteiger partial charge in [-0.25, -0.2) is 17.6 Å². The zero-order chi connectivity index (χ0) is 19.8. The molecule has 0 saturated carbocycles. The monoisotopic (exact) mass is 383 g/mol. The zero-order valence-electron chi connectivity index (χ0n) is 14.4. The van der Waals surface area contributed by atoms with Gasteiger partial charge in [-0.05, 0) is 42.5 Å². The first-order valence-corrected chi connectivity index (χ1v) is 8.48. The second kappa shape index (κ2) is 6.96. The van der Waals surface area contributed by atoms with Gasteiger partial charge in [0.05, 0.1) is 22.5 Å². The summed E-state index contributed by atoms with van der Waals surface area (Å²) in [5, 5.41) is 0. The van der Waals surface area contributed by atoms with E-state index in [9.17, 15) is 22.4 Å². The molecule has 0 aliphatic carbocycles. The number of hydrogen-bond acceptors (Lipinski definition) is 2. The van der Waals surface area contributed by atoms with Crippen LogP contribution in [0.1, 0.15) is 11.1 Å². The molecule has 2 aliphatic heterocycles. The molecule has 0 amide bonds. The number of halogens is 4. The Kier molecular flexibility index (Phi) is 4.47. The van der Waals surface area contributed by atoms with E-state index in [2.05, 4.69) is 0 Å². The number of carbonyl (C=O) groups is 1. The van der Waals surface area contributed by atoms with E-state index < -0.39 is 34.6 Å². The summed E-state index contributed by atoms with van der Waals surface area (Å²) in [7, 11) is 0. The van der Waals surface area contributed by atoms with Gasteiger partial charge >= 0.3 is 0 Å². The van der Waals surface area contributed by atoms with Crippen molar-refractivity contribution in [1.29, 1.82) is 0 Å². The molecule has 0 spiro atoms. The van der Waals surface area contributed by atoms with Gasteiger partial charge in [0.15, 0.2) is 5.78 Å². The number of allylic oxidation sites excluding steroid dienone is 5. The fourth-order valence-corrected chi connectivity index (χ4v) is 3.35. The molecular weight excluding hydrogens is 370 g/mol. The molecule has 0 atom stereocenters. The topological polar surface area (TPSA) is 20.3 Å². The Morgan fingerprint density at radius 2 is 1.64 bits per heavy atom. The van der Waals surface area contributed by atoms with Crippen LogP contribution in [0.15, 0.2) is 72.5 Å². The molecule has 2 aromatic carbocycles. The number of carbonyl (C=O) groups excluding carboxylic acids is 1. The van der Waals surface area contributed by atoms with Gasteiger partial charge < -0.3 is 4.90 Å². The first-order valence-electron chi connectivity index (χ1n) is 8.48. The molecule has 2 heterocycles. The average molecular weight is 383 g/mol. The van der Waals surface area contributed by atoms with Crippen LogP contribution in [0.4, 0.5) is 17.6 Å². The third kappa shape index (κ3) is 2.97. The minimum atomic E-state index is -0.872. The third-order valence-corrected chi connectivity index (χ3v) is 4.57. The Bertz CT molecular complexity index is 1090. The summed E-state index contributed by atoms with van der Waals surface area (Å²) in [6, 6.07) is 6.52. The van der Waals surface area contributed by atoms with Crippen LogP contribution in [-0.4, -0.2) is 17.2 Å². The SMILES string of the molecule is O=C1C=CCN2C(c3ccc(F)cc3F)=CC=CC2=C1c1c(F)cccc1F. The van der Waals surface area contributed by atoms with Gasteiger partial charge in [0.25, 0.3) is 0 Å². The Balaban J connectivity index is 1.94. The number of hydrogen-bond donors (Lipinski definition) is 0. The van der Waals surface area contributed by atoms with E-state index in [1.165, 1.54) is 30.4 Å². The second-order valence-electron chi connectivity index (χ2n) is 6.27. The Morgan fingerprint density at radius 3 is 2.36 bits per heavy atom. The number of fused-ring (bicyclic) bond motifs is 1. The van der Waals surface area contributed by atoms with Gasteiger partial charge in [0.1, 0.15) is 23.3 Å². The van der Waals surface area contributed by atoms with Crippen molar-refractivity contribution >= 4 is 17.1 Å². The van der Waals surface area contributed by atoms with Crippen LogP contribution in [-0.2, 0) is 4.79 Å². The van der Waals surface area contributed by atoms with Gasteiger partial charge in [-0.15, -0.1) is 0 Å². The maximum absolute atomic E-state index is 14.4. The summed E-state index contributed by atoms with van der Waals surface area (Å²) < 4.78 is 56.5. The standard InChI is InChI=1S/C22H13F4NO/c23-13-9-10-14(17(26)12-13)18-6-2-7-19-22(20(28)8-3-11-27(18)19)21-15(24)4-1-5-16(21)25/h1-10,12H,11H2. The van der Waals surface area contributed by atoms with Crippen LogP contribution in [0.5, 0.6) is 0 Å². The summed E-state index contributed by atoms with van der Waals surface area (Å²) >= 11 is 0. The highest BCUT2D eigenvalue weighted by Crippen LogP contribution is 2.36. The molecule has 2 aliphatic rings. The molecule has 2 nitrogen and oxygen atoms in total. The van der Waals surface area contributed by atoms with Crippen molar-refractivity contribution in [2.45, 2.75) is 0 Å². The van der Waals surface area contributed by atoms with E-state index in [1.807, 2.05) is 0 Å². The van der Waals surface area contributed by atoms with Crippen molar-refractivity contribution < 1.29 is 22.4 Å². The van der Waals surface area contributed by atoms with Crippen molar-refractivity contribution in [2.24, 2.45) is 0 Å². The summed E-state index contributed by atoms with van der Waals surface area (Å²) in [6.07, 6.45) is 7.46. The van der Waals surface area contributed by atoms with Crippen molar-refractivity contribution in [3.8, 4) is 0 Å². The lowest BCUT2D eigenvalue weighted by molar-refractivity contribution is -0.109. The van der Waals surface area contributed by atoms with Gasteiger partial charge in [-0.2, -0.15) is 0 Å². The predicted octanol–water partition coefficient (Wildman–Crippen LogP) is 5.01. The van der Waals surface area contributed by atoms with E-state index in [0.29, 0.717) is 5.70 Å². The third-order valence-electron chi connectivity index (χ3n) is 4.57. The highest BCUT2D eigenvalue weighted by atomic mass is 19.1. The zero-order valence-corrected chi connectivity index (χ0v) is 14.4. The molecule has 4 rings (SSSR count). The minimum Gasteiger partial charge on any atom is -0.336 e. The lowest BCUT2D eigenvalue weighted by Gasteiger charge is -2.30. The maximum Gasteiger partial charge on any atom is 0.188 e. The summed E-state index contributed by atoms with van der Waals surface area (Å²) in [4.78, 5) is 14.2. The van der Waals surface area contributed by atoms with Crippen LogP contribution in [0.25, 0.3) is 11.3 Å². The van der Waals surface area contributed by atoms with Crippen LogP contribution >= 0.6 is 0 Å². The van der Waals surface area contributed by atoms with E-state index >= 15 is 0 Å². The van der Waals surface area contributed by atoms with Crippen molar-refractivity contribution in [3.05, 3.63) is 107 Å². The first kappa shape index (κ1) is 18.0. The van der Waals surface area contributed by atoms with Crippen LogP contribution in [0, 0.1) is 23.3 Å². The molecule has 0 N–H and O–H groups in total. The second-order valence-corrected chi connectivity index (χ2v) is 6.27. The van der Waals surface area contributed by atoms with Gasteiger partial charge in [-0.3, -0.25) is 4.79 Å². The lowest BCUT2D eigenvalue weighted by Crippen LogP contribution is -2.24. The molecule has 0 aromatic heterocycles. The molecule has 0 saturated heterocycles. The molecular formula is C22H13F4NO. The quantitative estimate of drug-likeness (QED) is 0.680. The average Bonchev–Trinajstić information content (AvgIpc) is 2.81. The summed E-state index contributed by atoms with van der Waals surface area (Å²) in [6.45, 7) is 0.174. The van der Waals surface area contributed by atoms with Crippen LogP contribution < -0.4 is 0 Å². The number of benzene rings is 2. The smallest absolute Gasteiger partial charge is 0.188 e. The van der Waals surface area contributed by atoms with E-state index in [4.69, 9.17) is 0 Å². The van der Waals surface area contributed by atoms with Gasteiger partial charge in [0.2, 0.25) is 0 Å². The molecule has 140 valence electrons. The lowest BCUT2D eigenvalue weighted by atomic mass is 9.95. The van der Waals surface area contributed by atoms with E-state index in [0.717, 1.165) is 24.3 Å². The molecule has 28 heavy (non-hydrogen) atoms. The minimum absolute atomic E-state index is 0.111. The summed E-state index contributed by atoms with van der Waals surface area (Å²) in [5.74, 6) is -3.80. The van der Waals surface area contributed by atoms with Crippen LogP contribution in [0.3, 0.4) is 0 Å². The Morgan fingerprint density at radius 1 is 0.893 bits per heavy atom. The number of ketones is 1. The number of nitrogens with zero attached hydrogens (tertiary/aromatic N) is 1. The number of rotatable bonds is 2. The molecule has 0 fully saturated rings. The maximum atomic E-state index is 14.4. The fraction of sp³-hybridized carbons (Fsp3) is 0.0455. The van der Waals surface area contributed by atoms with Crippen molar-refractivity contribution in [1.82, 2.24) is 4.90 Å². The largest absolute Gasteiger partial charge is 0.336 e. The summed E-state index contributed by atoms with van der Waals surface area (Å²) in [5.41, 5.74) is 0.0985. The van der Waals surface area contributed by atoms with Gasteiger partial charge in [-0.1, -0.05) is 18.2 Å². The molecule has 0 radical (unpaired) electrons. The highest BCUT2D eigenvalue weighted by molar-refractivity contribution is 6.27. The van der Waals surface area contributed by atoms with Crippen molar-refractivity contribution in [3.63, 3.8) is 0 Å². The van der Waals surface area contributed by atoms with E-state index in [-0.39, 0.29) is 23.4 Å². The molecule has 6 heteroatoms. The normalized spacial score (nSPS) is 16.2. The Hall–Kier alpha value is -3.41. The Labute approximate surface area is 158 Å². The molecule has 2 aromatic rings. The van der Waals surface area contributed by atoms with E-state index in [1.54, 1.807) is 17.1 Å². The van der Waals surface area contributed by atoms with Gasteiger partial charge in [0, 0.05) is 18.2 Å². The molecule has 0 bridgehead atoms. The first-order chi connectivity index (χ1) is 13.5. The predicted molar refractivity (Wildman–Crippen MR) is 97.6 cm³/mol. The highest BCUT2D eigenvalue weighted by Gasteiger charge is 2.29. The fourth-order valence-electron chi connectivity index (χ4n) is 3.35. The van der Waals surface area contributed by atoms with Crippen LogP contribution in [0.2, 0.25) is 0 Å². The van der Waals surface area contributed by atoms with Crippen molar-refractivity contribution in [2.75, 3.05) is 6.54 Å².